The summed E-state index contributed by atoms with van der Waals surface area (Å²) in [4.78, 5) is 17.4. The molecule has 0 aliphatic heterocycles. The molecule has 0 atom stereocenters. The third-order valence-electron chi connectivity index (χ3n) is 5.16. The second-order valence-electron chi connectivity index (χ2n) is 8.60. The topological polar surface area (TPSA) is 66.8 Å². The summed E-state index contributed by atoms with van der Waals surface area (Å²) >= 11 is 0. The lowest BCUT2D eigenvalue weighted by molar-refractivity contribution is -0.839. The maximum absolute atomic E-state index is 10.7. The second kappa shape index (κ2) is 17.7. The minimum Gasteiger partial charge on any atom is -0.303 e. The molecule has 0 fully saturated rings. The van der Waals surface area contributed by atoms with Crippen molar-refractivity contribution in [3.8, 4) is 0 Å². The Hall–Kier alpha value is -0.190. The van der Waals surface area contributed by atoms with E-state index in [1.54, 1.807) is 0 Å². The van der Waals surface area contributed by atoms with Crippen molar-refractivity contribution in [1.82, 2.24) is 0 Å². The highest BCUT2D eigenvalue weighted by atomic mass is 31.2. The van der Waals surface area contributed by atoms with Crippen LogP contribution >= 0.6 is 7.82 Å². The number of hydrogen-bond acceptors (Lipinski definition) is 2. The first kappa shape index (κ1) is 27.8. The minimum absolute atomic E-state index is 0.0560. The van der Waals surface area contributed by atoms with Gasteiger partial charge in [0.05, 0.1) is 20.3 Å². The van der Waals surface area contributed by atoms with Gasteiger partial charge in [-0.15, -0.1) is 0 Å². The summed E-state index contributed by atoms with van der Waals surface area (Å²) in [5.41, 5.74) is 0. The van der Waals surface area contributed by atoms with Crippen LogP contribution in [0.5, 0.6) is 0 Å². The molecule has 0 aliphatic rings. The number of quaternary nitrogens is 1. The van der Waals surface area contributed by atoms with Gasteiger partial charge in [0.15, 0.2) is 0 Å². The lowest BCUT2D eigenvalue weighted by Gasteiger charge is -2.24. The highest BCUT2D eigenvalue weighted by molar-refractivity contribution is 7.46. The third-order valence-corrected chi connectivity index (χ3v) is 5.68. The molecule has 0 saturated heterocycles. The van der Waals surface area contributed by atoms with Gasteiger partial charge in [-0.25, -0.2) is 4.57 Å². The normalized spacial score (nSPS) is 12.9. The number of unbranched alkanes of at least 4 members (excludes halogenated alkanes) is 14. The van der Waals surface area contributed by atoms with E-state index in [0.717, 1.165) is 6.42 Å². The van der Waals surface area contributed by atoms with Gasteiger partial charge in [-0.1, -0.05) is 90.4 Å². The Labute approximate surface area is 174 Å². The molecule has 5 nitrogen and oxygen atoms in total. The van der Waals surface area contributed by atoms with E-state index in [-0.39, 0.29) is 6.61 Å². The fourth-order valence-electron chi connectivity index (χ4n) is 3.29. The van der Waals surface area contributed by atoms with Crippen molar-refractivity contribution in [2.45, 2.75) is 103 Å². The largest absolute Gasteiger partial charge is 0.469 e. The quantitative estimate of drug-likeness (QED) is 0.133. The van der Waals surface area contributed by atoms with Gasteiger partial charge in [0, 0.05) is 0 Å². The Bertz CT molecular complexity index is 421. The van der Waals surface area contributed by atoms with Crippen LogP contribution in [-0.2, 0) is 9.09 Å². The molecule has 168 valence electrons. The monoisotopic (exact) mass is 420 g/mol. The summed E-state index contributed by atoms with van der Waals surface area (Å²) in [7, 11) is -0.341. The highest BCUT2D eigenvalue weighted by Gasteiger charge is 2.17. The third kappa shape index (κ3) is 22.1. The maximum atomic E-state index is 10.7. The summed E-state index contributed by atoms with van der Waals surface area (Å²) in [6, 6.07) is 0. The molecule has 0 heterocycles. The van der Waals surface area contributed by atoms with E-state index >= 15 is 0 Å². The first-order chi connectivity index (χ1) is 13.3. The summed E-state index contributed by atoms with van der Waals surface area (Å²) in [6.45, 7) is 2.87. The summed E-state index contributed by atoms with van der Waals surface area (Å²) in [5, 5.41) is 0. The number of phosphoric acid groups is 1. The number of phosphoric ester groups is 1. The van der Waals surface area contributed by atoms with Crippen molar-refractivity contribution in [2.75, 3.05) is 27.2 Å². The Kier molecular flexibility index (Phi) is 17.5. The van der Waals surface area contributed by atoms with Gasteiger partial charge in [-0.2, -0.15) is 0 Å². The van der Waals surface area contributed by atoms with Crippen LogP contribution in [0.3, 0.4) is 0 Å². The Morgan fingerprint density at radius 2 is 1.21 bits per heavy atom. The highest BCUT2D eigenvalue weighted by Crippen LogP contribution is 2.35. The molecule has 0 unspecified atom stereocenters. The minimum atomic E-state index is -4.35. The Morgan fingerprint density at radius 1 is 0.786 bits per heavy atom. The zero-order valence-corrected chi connectivity index (χ0v) is 19.7. The average molecular weight is 421 g/mol. The molecular formula is C22H47NO4P+. The molecule has 0 aromatic heterocycles. The number of rotatable bonds is 20. The van der Waals surface area contributed by atoms with E-state index in [1.807, 2.05) is 14.1 Å². The SMILES string of the molecule is CCCCCCCCCCCCCCCCC=C[N+](C)(C)CCOP(=O)(O)O. The second-order valence-corrected chi connectivity index (χ2v) is 9.84. The van der Waals surface area contributed by atoms with Crippen molar-refractivity contribution < 1.29 is 23.4 Å². The molecule has 0 amide bonds. The molecule has 28 heavy (non-hydrogen) atoms. The van der Waals surface area contributed by atoms with Crippen molar-refractivity contribution in [1.29, 1.82) is 0 Å². The zero-order chi connectivity index (χ0) is 21.1. The number of hydrogen-bond donors (Lipinski definition) is 2. The number of allylic oxidation sites excluding steroid dienone is 1. The molecule has 0 spiro atoms. The van der Waals surface area contributed by atoms with Crippen LogP contribution in [-0.4, -0.2) is 41.5 Å². The summed E-state index contributed by atoms with van der Waals surface area (Å²) in [5.74, 6) is 0. The summed E-state index contributed by atoms with van der Waals surface area (Å²) in [6.07, 6.45) is 24.6. The van der Waals surface area contributed by atoms with E-state index in [2.05, 4.69) is 23.7 Å². The van der Waals surface area contributed by atoms with Crippen LogP contribution in [0.15, 0.2) is 12.3 Å². The fourth-order valence-corrected chi connectivity index (χ4v) is 3.61. The van der Waals surface area contributed by atoms with Gasteiger partial charge < -0.3 is 14.3 Å². The molecule has 0 rings (SSSR count). The van der Waals surface area contributed by atoms with Crippen LogP contribution in [0.4, 0.5) is 0 Å². The Morgan fingerprint density at radius 3 is 1.64 bits per heavy atom. The van der Waals surface area contributed by atoms with Crippen LogP contribution < -0.4 is 0 Å². The van der Waals surface area contributed by atoms with Gasteiger partial charge in [0.1, 0.15) is 13.2 Å². The maximum Gasteiger partial charge on any atom is 0.469 e. The van der Waals surface area contributed by atoms with Crippen LogP contribution in [0.2, 0.25) is 0 Å². The molecule has 0 saturated carbocycles. The van der Waals surface area contributed by atoms with Crippen molar-refractivity contribution >= 4 is 7.82 Å². The van der Waals surface area contributed by atoms with E-state index in [4.69, 9.17) is 9.79 Å². The van der Waals surface area contributed by atoms with E-state index in [9.17, 15) is 4.57 Å². The van der Waals surface area contributed by atoms with E-state index in [1.165, 1.54) is 89.9 Å². The van der Waals surface area contributed by atoms with E-state index < -0.39 is 7.82 Å². The van der Waals surface area contributed by atoms with Crippen LogP contribution in [0.1, 0.15) is 103 Å². The molecule has 6 heteroatoms. The summed E-state index contributed by atoms with van der Waals surface area (Å²) < 4.78 is 15.8. The van der Waals surface area contributed by atoms with Crippen molar-refractivity contribution in [3.05, 3.63) is 12.3 Å². The molecule has 2 N–H and O–H groups in total. The van der Waals surface area contributed by atoms with Gasteiger partial charge in [0.25, 0.3) is 0 Å². The molecule has 0 aromatic carbocycles. The van der Waals surface area contributed by atoms with Crippen LogP contribution in [0, 0.1) is 0 Å². The van der Waals surface area contributed by atoms with Gasteiger partial charge >= 0.3 is 7.82 Å². The van der Waals surface area contributed by atoms with Crippen molar-refractivity contribution in [3.63, 3.8) is 0 Å². The van der Waals surface area contributed by atoms with Crippen molar-refractivity contribution in [2.24, 2.45) is 0 Å². The molecule has 0 radical (unpaired) electrons. The standard InChI is InChI=1S/C22H46NO4P/c1-4-5-6-7-8-9-10-11-12-13-14-15-16-17-18-19-20-23(2,3)21-22-27-28(24,25)26/h19-20H,4-18,21-22H2,1-3H3,(H-,24,25,26)/p+1. The first-order valence-corrected chi connectivity index (χ1v) is 13.0. The smallest absolute Gasteiger partial charge is 0.303 e. The molecule has 0 bridgehead atoms. The fraction of sp³-hybridized carbons (Fsp3) is 0.909. The van der Waals surface area contributed by atoms with E-state index in [0.29, 0.717) is 11.0 Å². The average Bonchev–Trinajstić information content (AvgIpc) is 2.60. The van der Waals surface area contributed by atoms with Gasteiger partial charge in [-0.3, -0.25) is 4.52 Å². The predicted octanol–water partition coefficient (Wildman–Crippen LogP) is 6.56. The number of likely N-dealkylation sites (N-methyl/N-ethyl adjacent to an activating group) is 1. The van der Waals surface area contributed by atoms with Gasteiger partial charge in [0.2, 0.25) is 0 Å². The molecular weight excluding hydrogens is 373 g/mol. The predicted molar refractivity (Wildman–Crippen MR) is 119 cm³/mol. The van der Waals surface area contributed by atoms with Gasteiger partial charge in [-0.05, 0) is 18.9 Å². The number of nitrogens with zero attached hydrogens (tertiary/aromatic N) is 1. The Balaban J connectivity index is 3.40. The lowest BCUT2D eigenvalue weighted by atomic mass is 10.0. The lowest BCUT2D eigenvalue weighted by Crippen LogP contribution is -2.36. The molecule has 0 aromatic rings. The molecule has 0 aliphatic carbocycles. The zero-order valence-electron chi connectivity index (χ0n) is 18.8. The van der Waals surface area contributed by atoms with Crippen LogP contribution in [0.25, 0.3) is 0 Å². The first-order valence-electron chi connectivity index (χ1n) is 11.5.